The third kappa shape index (κ3) is 4.13. The van der Waals surface area contributed by atoms with Gasteiger partial charge in [0, 0.05) is 17.8 Å². The number of ether oxygens (including phenoxy) is 1. The Labute approximate surface area is 129 Å². The predicted molar refractivity (Wildman–Crippen MR) is 89.8 cm³/mol. The first kappa shape index (κ1) is 16.2. The van der Waals surface area contributed by atoms with E-state index in [1.54, 1.807) is 7.11 Å². The van der Waals surface area contributed by atoms with Crippen LogP contribution in [0.3, 0.4) is 0 Å². The summed E-state index contributed by atoms with van der Waals surface area (Å²) in [6.45, 7) is 5.39. The summed E-state index contributed by atoms with van der Waals surface area (Å²) in [6.07, 6.45) is 6.21. The maximum absolute atomic E-state index is 6.15. The minimum absolute atomic E-state index is 0.0538. The molecule has 118 valence electrons. The monoisotopic (exact) mass is 290 g/mol. The minimum Gasteiger partial charge on any atom is -0.497 e. The molecule has 2 rings (SSSR count). The van der Waals surface area contributed by atoms with Crippen molar-refractivity contribution in [3.8, 4) is 5.75 Å². The summed E-state index contributed by atoms with van der Waals surface area (Å²) in [7, 11) is 1.70. The molecule has 3 N–H and O–H groups in total. The van der Waals surface area contributed by atoms with E-state index in [4.69, 9.17) is 10.5 Å². The van der Waals surface area contributed by atoms with E-state index in [2.05, 4.69) is 31.3 Å². The Hall–Kier alpha value is -1.22. The molecule has 0 aromatic heterocycles. The van der Waals surface area contributed by atoms with Crippen molar-refractivity contribution in [2.45, 2.75) is 51.5 Å². The van der Waals surface area contributed by atoms with Gasteiger partial charge < -0.3 is 15.8 Å². The van der Waals surface area contributed by atoms with Crippen LogP contribution in [0.2, 0.25) is 0 Å². The van der Waals surface area contributed by atoms with E-state index in [1.165, 1.54) is 32.1 Å². The molecule has 2 atom stereocenters. The molecule has 1 saturated carbocycles. The molecule has 0 heterocycles. The largest absolute Gasteiger partial charge is 0.497 e. The molecule has 21 heavy (non-hydrogen) atoms. The molecule has 0 saturated heterocycles. The maximum Gasteiger partial charge on any atom is 0.119 e. The van der Waals surface area contributed by atoms with Crippen LogP contribution in [-0.4, -0.2) is 19.2 Å². The van der Waals surface area contributed by atoms with E-state index in [1.807, 2.05) is 12.1 Å². The number of hydrogen-bond acceptors (Lipinski definition) is 3. The topological polar surface area (TPSA) is 47.3 Å². The molecule has 1 aromatic rings. The normalized spacial score (nSPS) is 26.4. The van der Waals surface area contributed by atoms with Gasteiger partial charge >= 0.3 is 0 Å². The average Bonchev–Trinajstić information content (AvgIpc) is 2.71. The molecule has 0 spiro atoms. The van der Waals surface area contributed by atoms with Crippen LogP contribution in [0.15, 0.2) is 24.3 Å². The number of rotatable bonds is 5. The van der Waals surface area contributed by atoms with Crippen LogP contribution in [-0.2, 0) is 0 Å². The predicted octanol–water partition coefficient (Wildman–Crippen LogP) is 4.04. The van der Waals surface area contributed by atoms with Gasteiger partial charge in [0.05, 0.1) is 7.11 Å². The molecule has 3 nitrogen and oxygen atoms in total. The van der Waals surface area contributed by atoms with E-state index < -0.39 is 0 Å². The Kier molecular flexibility index (Phi) is 5.51. The Bertz CT molecular complexity index is 429. The van der Waals surface area contributed by atoms with E-state index >= 15 is 0 Å². The number of nitrogens with one attached hydrogen (secondary N) is 1. The summed E-state index contributed by atoms with van der Waals surface area (Å²) in [5.74, 6) is 2.51. The summed E-state index contributed by atoms with van der Waals surface area (Å²) in [5, 5.41) is 3.71. The van der Waals surface area contributed by atoms with Crippen molar-refractivity contribution in [3.63, 3.8) is 0 Å². The van der Waals surface area contributed by atoms with Gasteiger partial charge in [-0.25, -0.2) is 0 Å². The van der Waals surface area contributed by atoms with E-state index in [0.717, 1.165) is 23.3 Å². The van der Waals surface area contributed by atoms with Gasteiger partial charge in [-0.2, -0.15) is 0 Å². The highest BCUT2D eigenvalue weighted by Gasteiger charge is 2.32. The van der Waals surface area contributed by atoms with Crippen LogP contribution in [0.4, 0.5) is 5.69 Å². The third-order valence-corrected chi connectivity index (χ3v) is 5.06. The summed E-state index contributed by atoms with van der Waals surface area (Å²) >= 11 is 0. The van der Waals surface area contributed by atoms with E-state index in [9.17, 15) is 0 Å². The smallest absolute Gasteiger partial charge is 0.119 e. The highest BCUT2D eigenvalue weighted by atomic mass is 16.5. The van der Waals surface area contributed by atoms with Crippen LogP contribution >= 0.6 is 0 Å². The van der Waals surface area contributed by atoms with Crippen LogP contribution < -0.4 is 15.8 Å². The molecule has 1 aliphatic carbocycles. The fourth-order valence-electron chi connectivity index (χ4n) is 3.46. The van der Waals surface area contributed by atoms with Crippen molar-refractivity contribution in [2.75, 3.05) is 19.0 Å². The zero-order valence-electron chi connectivity index (χ0n) is 13.7. The zero-order valence-corrected chi connectivity index (χ0v) is 13.7. The maximum atomic E-state index is 6.15. The summed E-state index contributed by atoms with van der Waals surface area (Å²) < 4.78 is 5.22. The number of anilines is 1. The Morgan fingerprint density at radius 1 is 1.24 bits per heavy atom. The van der Waals surface area contributed by atoms with E-state index in [0.29, 0.717) is 6.54 Å². The van der Waals surface area contributed by atoms with Gasteiger partial charge in [-0.05, 0) is 55.4 Å². The number of hydrogen-bond donors (Lipinski definition) is 2. The SMILES string of the molecule is COc1ccc(NC2(CN)CCCC(C(C)C)CC2)cc1. The van der Waals surface area contributed by atoms with E-state index in [-0.39, 0.29) is 5.54 Å². The van der Waals surface area contributed by atoms with Crippen molar-refractivity contribution >= 4 is 5.69 Å². The molecule has 1 aromatic carbocycles. The fourth-order valence-corrected chi connectivity index (χ4v) is 3.46. The minimum atomic E-state index is 0.0538. The number of nitrogens with two attached hydrogens (primary N) is 1. The third-order valence-electron chi connectivity index (χ3n) is 5.06. The lowest BCUT2D eigenvalue weighted by molar-refractivity contribution is 0.332. The summed E-state index contributed by atoms with van der Waals surface area (Å²) in [5.41, 5.74) is 7.34. The molecule has 1 fully saturated rings. The quantitative estimate of drug-likeness (QED) is 0.805. The molecule has 0 radical (unpaired) electrons. The second-order valence-electron chi connectivity index (χ2n) is 6.77. The molecular weight excluding hydrogens is 260 g/mol. The lowest BCUT2D eigenvalue weighted by atomic mass is 9.86. The lowest BCUT2D eigenvalue weighted by Gasteiger charge is -2.34. The Balaban J connectivity index is 2.06. The van der Waals surface area contributed by atoms with Gasteiger partial charge in [0.1, 0.15) is 5.75 Å². The first-order valence-electron chi connectivity index (χ1n) is 8.21. The number of benzene rings is 1. The van der Waals surface area contributed by atoms with Crippen molar-refractivity contribution in [1.29, 1.82) is 0 Å². The van der Waals surface area contributed by atoms with Crippen molar-refractivity contribution in [1.82, 2.24) is 0 Å². The standard InChI is InChI=1S/C18H30N2O/c1-14(2)15-5-4-11-18(13-19,12-10-15)20-16-6-8-17(21-3)9-7-16/h6-9,14-15,20H,4-5,10-13,19H2,1-3H3. The second kappa shape index (κ2) is 7.17. The van der Waals surface area contributed by atoms with Crippen molar-refractivity contribution in [3.05, 3.63) is 24.3 Å². The molecule has 0 aliphatic heterocycles. The molecule has 2 unspecified atom stereocenters. The fraction of sp³-hybridized carbons (Fsp3) is 0.667. The van der Waals surface area contributed by atoms with Crippen LogP contribution in [0, 0.1) is 11.8 Å². The zero-order chi connectivity index (χ0) is 15.3. The second-order valence-corrected chi connectivity index (χ2v) is 6.77. The molecule has 0 bridgehead atoms. The molecule has 3 heteroatoms. The number of methoxy groups -OCH3 is 1. The van der Waals surface area contributed by atoms with Gasteiger partial charge in [-0.1, -0.05) is 26.7 Å². The Morgan fingerprint density at radius 2 is 1.95 bits per heavy atom. The summed E-state index contributed by atoms with van der Waals surface area (Å²) in [6, 6.07) is 8.17. The van der Waals surface area contributed by atoms with Gasteiger partial charge in [0.15, 0.2) is 0 Å². The van der Waals surface area contributed by atoms with Crippen molar-refractivity contribution < 1.29 is 4.74 Å². The Morgan fingerprint density at radius 3 is 2.52 bits per heavy atom. The first-order chi connectivity index (χ1) is 10.1. The summed E-state index contributed by atoms with van der Waals surface area (Å²) in [4.78, 5) is 0. The van der Waals surface area contributed by atoms with Gasteiger partial charge in [-0.3, -0.25) is 0 Å². The highest BCUT2D eigenvalue weighted by Crippen LogP contribution is 2.35. The van der Waals surface area contributed by atoms with Crippen LogP contribution in [0.1, 0.15) is 46.0 Å². The van der Waals surface area contributed by atoms with Gasteiger partial charge in [0.25, 0.3) is 0 Å². The molecule has 1 aliphatic rings. The van der Waals surface area contributed by atoms with Crippen LogP contribution in [0.25, 0.3) is 0 Å². The first-order valence-corrected chi connectivity index (χ1v) is 8.21. The van der Waals surface area contributed by atoms with Crippen LogP contribution in [0.5, 0.6) is 5.75 Å². The molecule has 0 amide bonds. The average molecular weight is 290 g/mol. The van der Waals surface area contributed by atoms with Gasteiger partial charge in [-0.15, -0.1) is 0 Å². The molecular formula is C18H30N2O. The van der Waals surface area contributed by atoms with Crippen molar-refractivity contribution in [2.24, 2.45) is 17.6 Å². The lowest BCUT2D eigenvalue weighted by Crippen LogP contribution is -2.45. The van der Waals surface area contributed by atoms with Gasteiger partial charge in [0.2, 0.25) is 0 Å². The highest BCUT2D eigenvalue weighted by molar-refractivity contribution is 5.48.